The third-order valence-electron chi connectivity index (χ3n) is 3.96. The molecule has 0 bridgehead atoms. The van der Waals surface area contributed by atoms with E-state index in [1.54, 1.807) is 30.3 Å². The summed E-state index contributed by atoms with van der Waals surface area (Å²) in [7, 11) is 0. The minimum atomic E-state index is -0.510. The number of hydrogen-bond acceptors (Lipinski definition) is 6. The molecule has 0 fully saturated rings. The fraction of sp³-hybridized carbons (Fsp3) is 0.150. The number of non-ortho nitro benzene ring substituents is 1. The fourth-order valence-electron chi connectivity index (χ4n) is 2.63. The van der Waals surface area contributed by atoms with Crippen LogP contribution in [0, 0.1) is 10.1 Å². The van der Waals surface area contributed by atoms with Crippen LogP contribution in [0.15, 0.2) is 65.5 Å². The van der Waals surface area contributed by atoms with E-state index in [0.717, 1.165) is 4.68 Å². The highest BCUT2D eigenvalue weighted by Gasteiger charge is 2.11. The smallest absolute Gasteiger partial charge is 0.270 e. The molecule has 3 rings (SSSR count). The second kappa shape index (κ2) is 8.79. The molecule has 0 aliphatic rings. The molecule has 0 saturated carbocycles. The fourth-order valence-corrected chi connectivity index (χ4v) is 2.63. The van der Waals surface area contributed by atoms with Crippen LogP contribution in [0.2, 0.25) is 0 Å². The SMILES string of the molecule is CCOc1ccc(NC(=O)Cn2nc(-c3cccc([N+](=O)[O-])c3)ccc2=O)cc1. The number of anilines is 1. The number of rotatable bonds is 7. The Hall–Kier alpha value is -4.01. The Morgan fingerprint density at radius 2 is 1.93 bits per heavy atom. The van der Waals surface area contributed by atoms with Gasteiger partial charge in [-0.1, -0.05) is 12.1 Å². The lowest BCUT2D eigenvalue weighted by atomic mass is 10.1. The van der Waals surface area contributed by atoms with Gasteiger partial charge in [-0.3, -0.25) is 19.7 Å². The number of nitrogens with zero attached hydrogens (tertiary/aromatic N) is 3. The number of nitrogens with one attached hydrogen (secondary N) is 1. The first-order chi connectivity index (χ1) is 14.0. The highest BCUT2D eigenvalue weighted by Crippen LogP contribution is 2.21. The quantitative estimate of drug-likeness (QED) is 0.486. The zero-order valence-corrected chi connectivity index (χ0v) is 15.6. The summed E-state index contributed by atoms with van der Waals surface area (Å²) in [5, 5.41) is 17.8. The Labute approximate surface area is 165 Å². The summed E-state index contributed by atoms with van der Waals surface area (Å²) >= 11 is 0. The Bertz CT molecular complexity index is 1090. The normalized spacial score (nSPS) is 10.4. The number of amides is 1. The second-order valence-corrected chi connectivity index (χ2v) is 6.03. The molecule has 29 heavy (non-hydrogen) atoms. The van der Waals surface area contributed by atoms with E-state index < -0.39 is 16.4 Å². The highest BCUT2D eigenvalue weighted by atomic mass is 16.6. The average molecular weight is 394 g/mol. The van der Waals surface area contributed by atoms with E-state index in [0.29, 0.717) is 29.3 Å². The van der Waals surface area contributed by atoms with Crippen molar-refractivity contribution in [2.75, 3.05) is 11.9 Å². The van der Waals surface area contributed by atoms with E-state index in [1.807, 2.05) is 6.92 Å². The van der Waals surface area contributed by atoms with Gasteiger partial charge in [0.1, 0.15) is 12.3 Å². The second-order valence-electron chi connectivity index (χ2n) is 6.03. The number of nitro benzene ring substituents is 1. The lowest BCUT2D eigenvalue weighted by molar-refractivity contribution is -0.384. The molecule has 0 radical (unpaired) electrons. The number of nitro groups is 1. The Balaban J connectivity index is 1.76. The van der Waals surface area contributed by atoms with E-state index in [1.165, 1.54) is 30.3 Å². The van der Waals surface area contributed by atoms with Gasteiger partial charge in [0, 0.05) is 29.4 Å². The van der Waals surface area contributed by atoms with E-state index in [4.69, 9.17) is 4.74 Å². The van der Waals surface area contributed by atoms with Crippen molar-refractivity contribution in [1.29, 1.82) is 0 Å². The minimum absolute atomic E-state index is 0.0877. The van der Waals surface area contributed by atoms with Crippen LogP contribution in [0.25, 0.3) is 11.3 Å². The summed E-state index contributed by atoms with van der Waals surface area (Å²) in [4.78, 5) is 34.8. The number of hydrogen-bond donors (Lipinski definition) is 1. The van der Waals surface area contributed by atoms with Gasteiger partial charge < -0.3 is 10.1 Å². The predicted octanol–water partition coefficient (Wildman–Crippen LogP) is 2.86. The minimum Gasteiger partial charge on any atom is -0.494 e. The van der Waals surface area contributed by atoms with Crippen LogP contribution in [-0.4, -0.2) is 27.2 Å². The van der Waals surface area contributed by atoms with Gasteiger partial charge in [0.15, 0.2) is 0 Å². The maximum atomic E-state index is 12.3. The summed E-state index contributed by atoms with van der Waals surface area (Å²) in [6.45, 7) is 2.12. The van der Waals surface area contributed by atoms with Crippen LogP contribution >= 0.6 is 0 Å². The summed E-state index contributed by atoms with van der Waals surface area (Å²) in [5.41, 5.74) is 0.833. The topological polar surface area (TPSA) is 116 Å². The van der Waals surface area contributed by atoms with Crippen LogP contribution in [0.1, 0.15) is 6.92 Å². The maximum absolute atomic E-state index is 12.3. The van der Waals surface area contributed by atoms with Crippen molar-refractivity contribution < 1.29 is 14.5 Å². The average Bonchev–Trinajstić information content (AvgIpc) is 2.71. The Morgan fingerprint density at radius 1 is 1.17 bits per heavy atom. The molecule has 0 saturated heterocycles. The molecule has 0 spiro atoms. The molecule has 1 amide bonds. The molecule has 3 aromatic rings. The summed E-state index contributed by atoms with van der Waals surface area (Å²) in [5.74, 6) is 0.257. The third kappa shape index (κ3) is 5.04. The summed E-state index contributed by atoms with van der Waals surface area (Å²) < 4.78 is 6.36. The van der Waals surface area contributed by atoms with Crippen LogP contribution in [0.5, 0.6) is 5.75 Å². The van der Waals surface area contributed by atoms with E-state index in [2.05, 4.69) is 10.4 Å². The number of benzene rings is 2. The Kier molecular flexibility index (Phi) is 5.98. The molecule has 2 aromatic carbocycles. The lowest BCUT2D eigenvalue weighted by Gasteiger charge is -2.09. The van der Waals surface area contributed by atoms with Gasteiger partial charge in [-0.15, -0.1) is 0 Å². The molecule has 9 nitrogen and oxygen atoms in total. The predicted molar refractivity (Wildman–Crippen MR) is 107 cm³/mol. The number of carbonyl (C=O) groups is 1. The van der Waals surface area contributed by atoms with Crippen molar-refractivity contribution >= 4 is 17.3 Å². The maximum Gasteiger partial charge on any atom is 0.270 e. The van der Waals surface area contributed by atoms with E-state index >= 15 is 0 Å². The van der Waals surface area contributed by atoms with E-state index in [-0.39, 0.29) is 12.2 Å². The molecule has 0 unspecified atom stereocenters. The summed E-state index contributed by atoms with van der Waals surface area (Å²) in [6.07, 6.45) is 0. The first kappa shape index (κ1) is 19.7. The molecule has 0 atom stereocenters. The van der Waals surface area contributed by atoms with Crippen molar-refractivity contribution in [1.82, 2.24) is 9.78 Å². The van der Waals surface area contributed by atoms with Crippen LogP contribution in [-0.2, 0) is 11.3 Å². The number of carbonyl (C=O) groups excluding carboxylic acids is 1. The lowest BCUT2D eigenvalue weighted by Crippen LogP contribution is -2.29. The van der Waals surface area contributed by atoms with Gasteiger partial charge in [-0.25, -0.2) is 4.68 Å². The molecule has 1 N–H and O–H groups in total. The van der Waals surface area contributed by atoms with Gasteiger partial charge in [0.25, 0.3) is 11.2 Å². The third-order valence-corrected chi connectivity index (χ3v) is 3.96. The van der Waals surface area contributed by atoms with Crippen molar-refractivity contribution in [3.05, 3.63) is 81.1 Å². The van der Waals surface area contributed by atoms with Gasteiger partial charge in [0.2, 0.25) is 5.91 Å². The van der Waals surface area contributed by atoms with Gasteiger partial charge in [-0.2, -0.15) is 5.10 Å². The van der Waals surface area contributed by atoms with E-state index in [9.17, 15) is 19.7 Å². The molecule has 1 heterocycles. The largest absolute Gasteiger partial charge is 0.494 e. The number of ether oxygens (including phenoxy) is 1. The van der Waals surface area contributed by atoms with Gasteiger partial charge in [-0.05, 0) is 37.3 Å². The monoisotopic (exact) mass is 394 g/mol. The van der Waals surface area contributed by atoms with Crippen molar-refractivity contribution in [2.24, 2.45) is 0 Å². The molecule has 9 heteroatoms. The molecule has 148 valence electrons. The standard InChI is InChI=1S/C20H18N4O5/c1-2-29-17-8-6-15(7-9-17)21-19(25)13-23-20(26)11-10-18(22-23)14-4-3-5-16(12-14)24(27)28/h3-12H,2,13H2,1H3,(H,21,25). The van der Waals surface area contributed by atoms with Crippen LogP contribution in [0.4, 0.5) is 11.4 Å². The molecule has 0 aliphatic carbocycles. The van der Waals surface area contributed by atoms with Crippen molar-refractivity contribution in [3.8, 4) is 17.0 Å². The van der Waals surface area contributed by atoms with Crippen molar-refractivity contribution in [2.45, 2.75) is 13.5 Å². The van der Waals surface area contributed by atoms with Crippen molar-refractivity contribution in [3.63, 3.8) is 0 Å². The van der Waals surface area contributed by atoms with Gasteiger partial charge >= 0.3 is 0 Å². The molecule has 0 aliphatic heterocycles. The van der Waals surface area contributed by atoms with Gasteiger partial charge in [0.05, 0.1) is 17.2 Å². The zero-order chi connectivity index (χ0) is 20.8. The van der Waals surface area contributed by atoms with Crippen LogP contribution in [0.3, 0.4) is 0 Å². The first-order valence-electron chi connectivity index (χ1n) is 8.82. The molecular formula is C20H18N4O5. The molecular weight excluding hydrogens is 376 g/mol. The number of aromatic nitrogens is 2. The highest BCUT2D eigenvalue weighted by molar-refractivity contribution is 5.90. The Morgan fingerprint density at radius 3 is 2.62 bits per heavy atom. The molecule has 1 aromatic heterocycles. The van der Waals surface area contributed by atoms with Crippen LogP contribution < -0.4 is 15.6 Å². The first-order valence-corrected chi connectivity index (χ1v) is 8.82. The summed E-state index contributed by atoms with van der Waals surface area (Å²) in [6, 6.07) is 15.5. The zero-order valence-electron chi connectivity index (χ0n) is 15.6.